The van der Waals surface area contributed by atoms with Crippen molar-refractivity contribution in [3.63, 3.8) is 0 Å². The first-order valence-corrected chi connectivity index (χ1v) is 4.94. The molecule has 2 bridgehead atoms. The Hall–Kier alpha value is -0.570. The molecule has 3 saturated carbocycles. The van der Waals surface area contributed by atoms with E-state index in [2.05, 4.69) is 0 Å². The van der Waals surface area contributed by atoms with Crippen LogP contribution < -0.4 is 0 Å². The Labute approximate surface area is 78.1 Å². The SMILES string of the molecule is CCOCCC12CC(C(=O)O)(C1)C2. The number of hydrogen-bond donors (Lipinski definition) is 1. The van der Waals surface area contributed by atoms with Crippen LogP contribution in [0.25, 0.3) is 0 Å². The lowest BCUT2D eigenvalue weighted by Crippen LogP contribution is -2.65. The van der Waals surface area contributed by atoms with Gasteiger partial charge in [-0.1, -0.05) is 0 Å². The molecule has 0 radical (unpaired) electrons. The minimum Gasteiger partial charge on any atom is -0.481 e. The highest BCUT2D eigenvalue weighted by Crippen LogP contribution is 2.74. The average Bonchev–Trinajstić information content (AvgIpc) is 1.90. The summed E-state index contributed by atoms with van der Waals surface area (Å²) in [7, 11) is 0. The van der Waals surface area contributed by atoms with E-state index in [4.69, 9.17) is 9.84 Å². The second-order valence-corrected chi connectivity index (χ2v) is 4.56. The van der Waals surface area contributed by atoms with Crippen molar-refractivity contribution in [3.8, 4) is 0 Å². The number of rotatable bonds is 5. The zero-order valence-electron chi connectivity index (χ0n) is 8.01. The molecule has 0 saturated heterocycles. The van der Waals surface area contributed by atoms with Crippen LogP contribution in [0.2, 0.25) is 0 Å². The lowest BCUT2D eigenvalue weighted by atomic mass is 9.34. The molecule has 74 valence electrons. The molecule has 0 aromatic carbocycles. The lowest BCUT2D eigenvalue weighted by molar-refractivity contribution is -0.227. The van der Waals surface area contributed by atoms with Crippen molar-refractivity contribution in [1.29, 1.82) is 0 Å². The highest BCUT2D eigenvalue weighted by Gasteiger charge is 2.71. The Bertz CT molecular complexity index is 215. The number of ether oxygens (including phenoxy) is 1. The first kappa shape index (κ1) is 9.00. The monoisotopic (exact) mass is 184 g/mol. The molecule has 0 aliphatic heterocycles. The maximum atomic E-state index is 10.8. The predicted octanol–water partition coefficient (Wildman–Crippen LogP) is 1.67. The Morgan fingerprint density at radius 3 is 2.54 bits per heavy atom. The molecule has 0 atom stereocenters. The molecule has 3 aliphatic rings. The van der Waals surface area contributed by atoms with Crippen molar-refractivity contribution in [2.75, 3.05) is 13.2 Å². The molecule has 0 aromatic heterocycles. The summed E-state index contributed by atoms with van der Waals surface area (Å²) in [5.41, 5.74) is 0.0414. The van der Waals surface area contributed by atoms with E-state index in [1.54, 1.807) is 0 Å². The van der Waals surface area contributed by atoms with E-state index in [1.165, 1.54) is 0 Å². The van der Waals surface area contributed by atoms with Gasteiger partial charge in [-0.3, -0.25) is 4.79 Å². The molecule has 0 aromatic rings. The van der Waals surface area contributed by atoms with Crippen LogP contribution in [0.4, 0.5) is 0 Å². The number of carboxylic acid groups (broad SMARTS) is 1. The molecule has 3 nitrogen and oxygen atoms in total. The van der Waals surface area contributed by atoms with Gasteiger partial charge in [0.05, 0.1) is 5.41 Å². The third kappa shape index (κ3) is 1.17. The van der Waals surface area contributed by atoms with Crippen LogP contribution in [-0.2, 0) is 9.53 Å². The Balaban J connectivity index is 1.74. The molecule has 1 N–H and O–H groups in total. The fraction of sp³-hybridized carbons (Fsp3) is 0.900. The van der Waals surface area contributed by atoms with Gasteiger partial charge in [0.1, 0.15) is 0 Å². The summed E-state index contributed by atoms with van der Waals surface area (Å²) in [6, 6.07) is 0. The Morgan fingerprint density at radius 1 is 1.46 bits per heavy atom. The van der Waals surface area contributed by atoms with E-state index in [1.807, 2.05) is 6.92 Å². The Kier molecular flexibility index (Phi) is 1.88. The molecule has 3 aliphatic carbocycles. The van der Waals surface area contributed by atoms with Gasteiger partial charge in [-0.15, -0.1) is 0 Å². The second-order valence-electron chi connectivity index (χ2n) is 4.56. The zero-order chi connectivity index (χ0) is 9.53. The molecule has 13 heavy (non-hydrogen) atoms. The second kappa shape index (κ2) is 2.71. The standard InChI is InChI=1S/C10H16O3/c1-2-13-4-3-9-5-10(6-9,7-9)8(11)12/h2-7H2,1H3,(H,11,12). The van der Waals surface area contributed by atoms with Gasteiger partial charge >= 0.3 is 5.97 Å². The van der Waals surface area contributed by atoms with Crippen LogP contribution in [0.1, 0.15) is 32.6 Å². The van der Waals surface area contributed by atoms with Crippen molar-refractivity contribution in [1.82, 2.24) is 0 Å². The third-order valence-electron chi connectivity index (χ3n) is 3.57. The fourth-order valence-corrected chi connectivity index (χ4v) is 2.92. The molecule has 0 amide bonds. The normalized spacial score (nSPS) is 40.7. The summed E-state index contributed by atoms with van der Waals surface area (Å²) >= 11 is 0. The predicted molar refractivity (Wildman–Crippen MR) is 47.5 cm³/mol. The molecule has 3 fully saturated rings. The van der Waals surface area contributed by atoms with E-state index >= 15 is 0 Å². The minimum atomic E-state index is -0.592. The fourth-order valence-electron chi connectivity index (χ4n) is 2.92. The topological polar surface area (TPSA) is 46.5 Å². The van der Waals surface area contributed by atoms with Gasteiger partial charge in [-0.05, 0) is 38.0 Å². The molecule has 0 unspecified atom stereocenters. The summed E-state index contributed by atoms with van der Waals surface area (Å²) in [6.07, 6.45) is 3.73. The van der Waals surface area contributed by atoms with Crippen LogP contribution in [0.5, 0.6) is 0 Å². The third-order valence-corrected chi connectivity index (χ3v) is 3.57. The number of carbonyl (C=O) groups is 1. The van der Waals surface area contributed by atoms with E-state index in [9.17, 15) is 4.79 Å². The van der Waals surface area contributed by atoms with Crippen molar-refractivity contribution < 1.29 is 14.6 Å². The van der Waals surface area contributed by atoms with E-state index in [0.717, 1.165) is 38.9 Å². The van der Waals surface area contributed by atoms with Crippen LogP contribution in [0, 0.1) is 10.8 Å². The summed E-state index contributed by atoms with van der Waals surface area (Å²) in [6.45, 7) is 3.55. The van der Waals surface area contributed by atoms with Gasteiger partial charge in [-0.2, -0.15) is 0 Å². The largest absolute Gasteiger partial charge is 0.481 e. The minimum absolute atomic E-state index is 0.313. The van der Waals surface area contributed by atoms with E-state index < -0.39 is 5.97 Å². The van der Waals surface area contributed by atoms with Gasteiger partial charge in [0.2, 0.25) is 0 Å². The molecule has 3 rings (SSSR count). The van der Waals surface area contributed by atoms with Crippen LogP contribution in [0.3, 0.4) is 0 Å². The molecule has 3 heteroatoms. The van der Waals surface area contributed by atoms with E-state index in [0.29, 0.717) is 5.41 Å². The highest BCUT2D eigenvalue weighted by molar-refractivity contribution is 5.79. The summed E-state index contributed by atoms with van der Waals surface area (Å²) in [5, 5.41) is 8.89. The molecular formula is C10H16O3. The quantitative estimate of drug-likeness (QED) is 0.661. The molecule has 0 heterocycles. The average molecular weight is 184 g/mol. The van der Waals surface area contributed by atoms with Crippen molar-refractivity contribution in [2.45, 2.75) is 32.6 Å². The maximum absolute atomic E-state index is 10.8. The van der Waals surface area contributed by atoms with Crippen molar-refractivity contribution in [2.24, 2.45) is 10.8 Å². The van der Waals surface area contributed by atoms with Crippen LogP contribution >= 0.6 is 0 Å². The summed E-state index contributed by atoms with van der Waals surface area (Å²) < 4.78 is 5.28. The Morgan fingerprint density at radius 2 is 2.08 bits per heavy atom. The zero-order valence-corrected chi connectivity index (χ0v) is 8.01. The maximum Gasteiger partial charge on any atom is 0.309 e. The lowest BCUT2D eigenvalue weighted by Gasteiger charge is -2.68. The number of carboxylic acids is 1. The highest BCUT2D eigenvalue weighted by atomic mass is 16.5. The van der Waals surface area contributed by atoms with Crippen molar-refractivity contribution in [3.05, 3.63) is 0 Å². The van der Waals surface area contributed by atoms with Gasteiger partial charge in [0.25, 0.3) is 0 Å². The first-order chi connectivity index (χ1) is 6.13. The molecular weight excluding hydrogens is 168 g/mol. The summed E-state index contributed by atoms with van der Waals surface area (Å²) in [5.74, 6) is -0.592. The van der Waals surface area contributed by atoms with Gasteiger partial charge in [-0.25, -0.2) is 0 Å². The van der Waals surface area contributed by atoms with Gasteiger partial charge in [0.15, 0.2) is 0 Å². The summed E-state index contributed by atoms with van der Waals surface area (Å²) in [4.78, 5) is 10.8. The number of hydrogen-bond acceptors (Lipinski definition) is 2. The van der Waals surface area contributed by atoms with E-state index in [-0.39, 0.29) is 5.41 Å². The van der Waals surface area contributed by atoms with Crippen LogP contribution in [0.15, 0.2) is 0 Å². The smallest absolute Gasteiger partial charge is 0.309 e. The van der Waals surface area contributed by atoms with Gasteiger partial charge in [0, 0.05) is 13.2 Å². The van der Waals surface area contributed by atoms with Crippen molar-refractivity contribution >= 4 is 5.97 Å². The molecule has 0 spiro atoms. The first-order valence-electron chi connectivity index (χ1n) is 4.94. The van der Waals surface area contributed by atoms with Crippen LogP contribution in [-0.4, -0.2) is 24.3 Å². The van der Waals surface area contributed by atoms with Gasteiger partial charge < -0.3 is 9.84 Å². The number of aliphatic carboxylic acids is 1.